The number of rotatable bonds is 1. The van der Waals surface area contributed by atoms with Gasteiger partial charge in [0, 0.05) is 6.61 Å². The molecule has 0 spiro atoms. The maximum atomic E-state index is 8.40. The van der Waals surface area contributed by atoms with Crippen LogP contribution < -0.4 is 0 Å². The molecule has 0 amide bonds. The van der Waals surface area contributed by atoms with Crippen molar-refractivity contribution in [3.8, 4) is 0 Å². The summed E-state index contributed by atoms with van der Waals surface area (Å²) in [6.07, 6.45) is 0.896. The van der Waals surface area contributed by atoms with E-state index in [4.69, 9.17) is 5.11 Å². The van der Waals surface area contributed by atoms with Gasteiger partial charge in [-0.15, -0.1) is 12.4 Å². The quantitative estimate of drug-likeness (QED) is 0.586. The fourth-order valence-electron chi connectivity index (χ4n) is 0.335. The Kier molecular flexibility index (Phi) is 13.1. The topological polar surface area (TPSA) is 20.2 Å². The standard InChI is InChI=1S/C6H14O.ClH.Mg.2H/c1-6(2,3)4-5-7;;;;/h7H,4-5H2,1-3H3;1H;;;/q;;+2;2*-1. The number of hydrogen-bond donors (Lipinski definition) is 1. The second kappa shape index (κ2) is 7.13. The van der Waals surface area contributed by atoms with E-state index < -0.39 is 0 Å². The van der Waals surface area contributed by atoms with Crippen LogP contribution in [0.4, 0.5) is 0 Å². The van der Waals surface area contributed by atoms with Crippen LogP contribution in [-0.2, 0) is 0 Å². The van der Waals surface area contributed by atoms with Crippen molar-refractivity contribution >= 4 is 35.5 Å². The van der Waals surface area contributed by atoms with Gasteiger partial charge in [-0.2, -0.15) is 0 Å². The number of hydrogen-bond acceptors (Lipinski definition) is 1. The van der Waals surface area contributed by atoms with Crippen molar-refractivity contribution < 1.29 is 7.96 Å². The van der Waals surface area contributed by atoms with Crippen molar-refractivity contribution in [3.05, 3.63) is 0 Å². The predicted octanol–water partition coefficient (Wildman–Crippen LogP) is 1.68. The van der Waals surface area contributed by atoms with Crippen LogP contribution in [0.15, 0.2) is 0 Å². The van der Waals surface area contributed by atoms with E-state index in [0.29, 0.717) is 12.0 Å². The molecule has 0 saturated heterocycles. The van der Waals surface area contributed by atoms with Crippen LogP contribution in [0.25, 0.3) is 0 Å². The van der Waals surface area contributed by atoms with Crippen LogP contribution in [-0.4, -0.2) is 34.8 Å². The number of halogens is 1. The molecule has 56 valence electrons. The Morgan fingerprint density at radius 3 is 1.67 bits per heavy atom. The molecule has 0 bridgehead atoms. The molecule has 0 aromatic carbocycles. The first kappa shape index (κ1) is 16.5. The van der Waals surface area contributed by atoms with E-state index in [-0.39, 0.29) is 38.3 Å². The third-order valence-corrected chi connectivity index (χ3v) is 0.862. The first-order chi connectivity index (χ1) is 3.06. The van der Waals surface area contributed by atoms with Crippen LogP contribution in [0, 0.1) is 5.41 Å². The van der Waals surface area contributed by atoms with Gasteiger partial charge in [-0.1, -0.05) is 20.8 Å². The van der Waals surface area contributed by atoms with E-state index in [1.165, 1.54) is 0 Å². The Labute approximate surface area is 82.8 Å². The zero-order valence-electron chi connectivity index (χ0n) is 8.48. The van der Waals surface area contributed by atoms with Gasteiger partial charge < -0.3 is 7.96 Å². The van der Waals surface area contributed by atoms with Gasteiger partial charge in [0.15, 0.2) is 0 Å². The molecule has 0 unspecified atom stereocenters. The van der Waals surface area contributed by atoms with Gasteiger partial charge in [-0.25, -0.2) is 0 Å². The van der Waals surface area contributed by atoms with Crippen LogP contribution in [0.3, 0.4) is 0 Å². The zero-order chi connectivity index (χ0) is 5.91. The molecule has 0 aromatic heterocycles. The van der Waals surface area contributed by atoms with Crippen LogP contribution in [0.1, 0.15) is 30.0 Å². The van der Waals surface area contributed by atoms with E-state index in [0.717, 1.165) is 6.42 Å². The molecule has 9 heavy (non-hydrogen) atoms. The molecular formula is C6H17ClMgO. The van der Waals surface area contributed by atoms with Crippen molar-refractivity contribution in [2.75, 3.05) is 6.61 Å². The summed E-state index contributed by atoms with van der Waals surface area (Å²) in [5.41, 5.74) is 0.300. The molecule has 0 saturated carbocycles. The molecule has 0 heterocycles. The van der Waals surface area contributed by atoms with Crippen molar-refractivity contribution in [1.82, 2.24) is 0 Å². The monoisotopic (exact) mass is 164 g/mol. The molecule has 3 heteroatoms. The number of aliphatic hydroxyl groups excluding tert-OH is 1. The summed E-state index contributed by atoms with van der Waals surface area (Å²) in [5, 5.41) is 8.40. The second-order valence-electron chi connectivity index (χ2n) is 3.03. The molecule has 0 aromatic rings. The average molecular weight is 165 g/mol. The fourth-order valence-corrected chi connectivity index (χ4v) is 0.335. The molecule has 0 rings (SSSR count). The van der Waals surface area contributed by atoms with Crippen LogP contribution in [0.5, 0.6) is 0 Å². The van der Waals surface area contributed by atoms with E-state index in [1.54, 1.807) is 0 Å². The Bertz CT molecular complexity index is 59.0. The van der Waals surface area contributed by atoms with Gasteiger partial charge in [0.1, 0.15) is 0 Å². The van der Waals surface area contributed by atoms with Crippen molar-refractivity contribution in [2.24, 2.45) is 5.41 Å². The van der Waals surface area contributed by atoms with Crippen LogP contribution in [0.2, 0.25) is 0 Å². The maximum Gasteiger partial charge on any atom is 2.00 e. The minimum absolute atomic E-state index is 0. The zero-order valence-corrected chi connectivity index (χ0v) is 8.71. The summed E-state index contributed by atoms with van der Waals surface area (Å²) in [5.74, 6) is 0. The minimum atomic E-state index is 0. The SMILES string of the molecule is CC(C)(C)CCO.Cl.[H-].[H-].[Mg+2]. The predicted molar refractivity (Wildman–Crippen MR) is 46.4 cm³/mol. The van der Waals surface area contributed by atoms with Gasteiger partial charge in [0.05, 0.1) is 0 Å². The molecule has 0 aliphatic rings. The molecule has 0 aliphatic carbocycles. The average Bonchev–Trinajstić information content (AvgIpc) is 1.30. The van der Waals surface area contributed by atoms with Gasteiger partial charge in [-0.05, 0) is 11.8 Å². The van der Waals surface area contributed by atoms with E-state index in [2.05, 4.69) is 20.8 Å². The summed E-state index contributed by atoms with van der Waals surface area (Å²) in [6.45, 7) is 6.65. The molecule has 1 nitrogen and oxygen atoms in total. The van der Waals surface area contributed by atoms with Crippen molar-refractivity contribution in [1.29, 1.82) is 0 Å². The van der Waals surface area contributed by atoms with Crippen molar-refractivity contribution in [3.63, 3.8) is 0 Å². The van der Waals surface area contributed by atoms with Crippen LogP contribution >= 0.6 is 12.4 Å². The maximum absolute atomic E-state index is 8.40. The summed E-state index contributed by atoms with van der Waals surface area (Å²) in [6, 6.07) is 0. The Morgan fingerprint density at radius 1 is 1.33 bits per heavy atom. The molecule has 0 aliphatic heterocycles. The van der Waals surface area contributed by atoms with Gasteiger partial charge in [0.25, 0.3) is 0 Å². The largest absolute Gasteiger partial charge is 2.00 e. The summed E-state index contributed by atoms with van der Waals surface area (Å²) in [7, 11) is 0. The normalized spacial score (nSPS) is 9.33. The smallest absolute Gasteiger partial charge is 1.00 e. The van der Waals surface area contributed by atoms with Crippen molar-refractivity contribution in [2.45, 2.75) is 27.2 Å². The van der Waals surface area contributed by atoms with E-state index in [9.17, 15) is 0 Å². The summed E-state index contributed by atoms with van der Waals surface area (Å²) in [4.78, 5) is 0. The third kappa shape index (κ3) is 17.6. The van der Waals surface area contributed by atoms with E-state index in [1.807, 2.05) is 0 Å². The first-order valence-corrected chi connectivity index (χ1v) is 2.67. The first-order valence-electron chi connectivity index (χ1n) is 2.67. The van der Waals surface area contributed by atoms with Gasteiger partial charge >= 0.3 is 23.1 Å². The molecule has 0 fully saturated rings. The Balaban J connectivity index is -0.0000000300. The summed E-state index contributed by atoms with van der Waals surface area (Å²) >= 11 is 0. The second-order valence-corrected chi connectivity index (χ2v) is 3.03. The van der Waals surface area contributed by atoms with Gasteiger partial charge in [0.2, 0.25) is 0 Å². The minimum Gasteiger partial charge on any atom is -1.00 e. The molecule has 0 radical (unpaired) electrons. The molecular weight excluding hydrogens is 148 g/mol. The molecule has 1 N–H and O–H groups in total. The Morgan fingerprint density at radius 2 is 1.67 bits per heavy atom. The molecule has 0 atom stereocenters. The van der Waals surface area contributed by atoms with Gasteiger partial charge in [-0.3, -0.25) is 0 Å². The number of aliphatic hydroxyl groups is 1. The third-order valence-electron chi connectivity index (χ3n) is 0.862. The Hall–Kier alpha value is 1.02. The summed E-state index contributed by atoms with van der Waals surface area (Å²) < 4.78 is 0. The van der Waals surface area contributed by atoms with E-state index >= 15 is 0 Å². The fraction of sp³-hybridized carbons (Fsp3) is 1.00.